The number of aromatic nitrogens is 3. The van der Waals surface area contributed by atoms with Crippen LogP contribution in [-0.4, -0.2) is 26.6 Å². The molecule has 4 aromatic rings. The lowest BCUT2D eigenvalue weighted by Gasteiger charge is -2.12. The molecule has 0 spiro atoms. The Balaban J connectivity index is 1.40. The summed E-state index contributed by atoms with van der Waals surface area (Å²) in [7, 11) is 0. The van der Waals surface area contributed by atoms with Crippen LogP contribution in [0.25, 0.3) is 16.6 Å². The molecule has 0 saturated carbocycles. The average molecular weight is 431 g/mol. The maximum Gasteiger partial charge on any atom is 0.220 e. The van der Waals surface area contributed by atoms with Gasteiger partial charge in [0, 0.05) is 29.7 Å². The predicted molar refractivity (Wildman–Crippen MR) is 127 cm³/mol. The number of aryl methyl sites for hydroxylation is 2. The highest BCUT2D eigenvalue weighted by Gasteiger charge is 2.15. The third-order valence-corrected chi connectivity index (χ3v) is 5.68. The summed E-state index contributed by atoms with van der Waals surface area (Å²) < 4.78 is 7.57. The van der Waals surface area contributed by atoms with Gasteiger partial charge in [-0.3, -0.25) is 4.79 Å². The lowest BCUT2D eigenvalue weighted by molar-refractivity contribution is -0.121. The molecule has 0 aliphatic rings. The van der Waals surface area contributed by atoms with E-state index in [0.29, 0.717) is 26.0 Å². The van der Waals surface area contributed by atoms with Crippen LogP contribution in [0.4, 0.5) is 0 Å². The minimum Gasteiger partial charge on any atom is -0.374 e. The van der Waals surface area contributed by atoms with Crippen LogP contribution in [0, 0.1) is 13.8 Å². The number of benzene rings is 2. The van der Waals surface area contributed by atoms with Crippen molar-refractivity contribution in [2.75, 3.05) is 0 Å². The van der Waals surface area contributed by atoms with E-state index in [1.807, 2.05) is 74.7 Å². The van der Waals surface area contributed by atoms with Gasteiger partial charge >= 0.3 is 0 Å². The standard InChI is InChI=1S/C26H30N4O2/c1-17(2)32-16-21-9-7-8-20(14-21)15-27-25(31)13-12-22-18(3)28-26-23-10-5-6-11-24(23)29-30(26)19(22)4/h5-11,14,17H,12-13,15-16H2,1-4H3,(H,27,31). The normalized spacial score (nSPS) is 11.5. The van der Waals surface area contributed by atoms with Gasteiger partial charge in [-0.05, 0) is 62.9 Å². The summed E-state index contributed by atoms with van der Waals surface area (Å²) in [5.74, 6) is 0.0263. The zero-order chi connectivity index (χ0) is 22.7. The number of amides is 1. The Bertz CT molecular complexity index is 1260. The second-order valence-corrected chi connectivity index (χ2v) is 8.47. The van der Waals surface area contributed by atoms with Crippen LogP contribution in [0.2, 0.25) is 0 Å². The average Bonchev–Trinajstić information content (AvgIpc) is 3.15. The van der Waals surface area contributed by atoms with Crippen LogP contribution in [0.5, 0.6) is 0 Å². The van der Waals surface area contributed by atoms with Crippen molar-refractivity contribution in [1.29, 1.82) is 0 Å². The lowest BCUT2D eigenvalue weighted by Crippen LogP contribution is -2.23. The number of hydrogen-bond acceptors (Lipinski definition) is 4. The molecule has 0 aliphatic heterocycles. The highest BCUT2D eigenvalue weighted by Crippen LogP contribution is 2.23. The first-order chi connectivity index (χ1) is 15.4. The molecule has 0 fully saturated rings. The third kappa shape index (κ3) is 4.81. The van der Waals surface area contributed by atoms with Crippen molar-refractivity contribution in [1.82, 2.24) is 19.9 Å². The number of nitrogens with one attached hydrogen (secondary N) is 1. The molecule has 2 aromatic heterocycles. The van der Waals surface area contributed by atoms with E-state index in [0.717, 1.165) is 44.6 Å². The van der Waals surface area contributed by atoms with E-state index in [-0.39, 0.29) is 12.0 Å². The van der Waals surface area contributed by atoms with Gasteiger partial charge in [-0.15, -0.1) is 0 Å². The molecule has 0 atom stereocenters. The molecule has 0 bridgehead atoms. The van der Waals surface area contributed by atoms with E-state index < -0.39 is 0 Å². The summed E-state index contributed by atoms with van der Waals surface area (Å²) in [5, 5.41) is 8.78. The second kappa shape index (κ2) is 9.49. The van der Waals surface area contributed by atoms with Crippen LogP contribution in [0.3, 0.4) is 0 Å². The monoisotopic (exact) mass is 430 g/mol. The van der Waals surface area contributed by atoms with E-state index in [2.05, 4.69) is 11.4 Å². The molecule has 0 aliphatic carbocycles. The summed E-state index contributed by atoms with van der Waals surface area (Å²) in [5.41, 5.74) is 7.04. The number of carbonyl (C=O) groups is 1. The number of fused-ring (bicyclic) bond motifs is 3. The van der Waals surface area contributed by atoms with Gasteiger partial charge in [0.2, 0.25) is 5.91 Å². The van der Waals surface area contributed by atoms with Crippen molar-refractivity contribution in [2.24, 2.45) is 0 Å². The van der Waals surface area contributed by atoms with Gasteiger partial charge < -0.3 is 10.1 Å². The molecule has 0 saturated heterocycles. The lowest BCUT2D eigenvalue weighted by atomic mass is 10.1. The molecule has 2 heterocycles. The Labute approximate surface area is 188 Å². The fourth-order valence-electron chi connectivity index (χ4n) is 3.96. The largest absolute Gasteiger partial charge is 0.374 e. The molecular weight excluding hydrogens is 400 g/mol. The van der Waals surface area contributed by atoms with Crippen LogP contribution < -0.4 is 5.32 Å². The summed E-state index contributed by atoms with van der Waals surface area (Å²) in [6, 6.07) is 16.2. The fourth-order valence-corrected chi connectivity index (χ4v) is 3.96. The third-order valence-electron chi connectivity index (χ3n) is 5.68. The van der Waals surface area contributed by atoms with E-state index in [1.165, 1.54) is 0 Å². The zero-order valence-electron chi connectivity index (χ0n) is 19.2. The van der Waals surface area contributed by atoms with Gasteiger partial charge in [0.15, 0.2) is 5.65 Å². The summed E-state index contributed by atoms with van der Waals surface area (Å²) in [4.78, 5) is 17.3. The molecule has 1 amide bonds. The Morgan fingerprint density at radius 2 is 1.88 bits per heavy atom. The maximum atomic E-state index is 12.5. The smallest absolute Gasteiger partial charge is 0.220 e. The minimum absolute atomic E-state index is 0.0263. The first-order valence-corrected chi connectivity index (χ1v) is 11.1. The molecule has 0 radical (unpaired) electrons. The Hall–Kier alpha value is -3.25. The topological polar surface area (TPSA) is 68.5 Å². The van der Waals surface area contributed by atoms with Gasteiger partial charge in [-0.2, -0.15) is 5.10 Å². The van der Waals surface area contributed by atoms with Gasteiger partial charge in [0.05, 0.1) is 18.2 Å². The molecule has 2 aromatic carbocycles. The van der Waals surface area contributed by atoms with Crippen LogP contribution in [0.1, 0.15) is 48.3 Å². The first kappa shape index (κ1) is 22.0. The Morgan fingerprint density at radius 1 is 1.09 bits per heavy atom. The Morgan fingerprint density at radius 3 is 2.69 bits per heavy atom. The van der Waals surface area contributed by atoms with E-state index in [1.54, 1.807) is 0 Å². The van der Waals surface area contributed by atoms with E-state index in [4.69, 9.17) is 14.8 Å². The van der Waals surface area contributed by atoms with Crippen LogP contribution >= 0.6 is 0 Å². The minimum atomic E-state index is 0.0263. The number of nitrogens with zero attached hydrogens (tertiary/aromatic N) is 3. The molecule has 166 valence electrons. The molecule has 6 heteroatoms. The maximum absolute atomic E-state index is 12.5. The van der Waals surface area contributed by atoms with Crippen molar-refractivity contribution in [2.45, 2.75) is 59.8 Å². The van der Waals surface area contributed by atoms with Gasteiger partial charge in [-0.25, -0.2) is 9.50 Å². The number of rotatable bonds is 8. The van der Waals surface area contributed by atoms with Crippen LogP contribution in [0.15, 0.2) is 48.5 Å². The quantitative estimate of drug-likeness (QED) is 0.441. The molecule has 1 N–H and O–H groups in total. The predicted octanol–water partition coefficient (Wildman–Crippen LogP) is 4.67. The SMILES string of the molecule is Cc1nc2c3ccccc3nn2c(C)c1CCC(=O)NCc1cccc(COC(C)C)c1. The molecule has 6 nitrogen and oxygen atoms in total. The van der Waals surface area contributed by atoms with Crippen molar-refractivity contribution >= 4 is 22.5 Å². The highest BCUT2D eigenvalue weighted by molar-refractivity contribution is 5.92. The summed E-state index contributed by atoms with van der Waals surface area (Å²) in [6.45, 7) is 9.19. The molecular formula is C26H30N4O2. The Kier molecular flexibility index (Phi) is 6.51. The van der Waals surface area contributed by atoms with E-state index >= 15 is 0 Å². The molecule has 0 unspecified atom stereocenters. The zero-order valence-corrected chi connectivity index (χ0v) is 19.2. The number of hydrogen-bond donors (Lipinski definition) is 1. The second-order valence-electron chi connectivity index (χ2n) is 8.47. The van der Waals surface area contributed by atoms with Gasteiger partial charge in [0.1, 0.15) is 0 Å². The van der Waals surface area contributed by atoms with Crippen LogP contribution in [-0.2, 0) is 29.1 Å². The molecule has 4 rings (SSSR count). The number of ether oxygens (including phenoxy) is 1. The van der Waals surface area contributed by atoms with Crippen molar-refractivity contribution in [3.8, 4) is 0 Å². The van der Waals surface area contributed by atoms with Crippen molar-refractivity contribution in [3.63, 3.8) is 0 Å². The highest BCUT2D eigenvalue weighted by atomic mass is 16.5. The fraction of sp³-hybridized carbons (Fsp3) is 0.346. The van der Waals surface area contributed by atoms with Gasteiger partial charge in [-0.1, -0.05) is 36.4 Å². The number of carbonyl (C=O) groups excluding carboxylic acids is 1. The van der Waals surface area contributed by atoms with E-state index in [9.17, 15) is 4.79 Å². The first-order valence-electron chi connectivity index (χ1n) is 11.1. The van der Waals surface area contributed by atoms with Gasteiger partial charge in [0.25, 0.3) is 0 Å². The molecule has 32 heavy (non-hydrogen) atoms. The van der Waals surface area contributed by atoms with Crippen molar-refractivity contribution < 1.29 is 9.53 Å². The van der Waals surface area contributed by atoms with Crippen molar-refractivity contribution in [3.05, 3.63) is 76.6 Å². The summed E-state index contributed by atoms with van der Waals surface area (Å²) in [6.07, 6.45) is 1.23. The summed E-state index contributed by atoms with van der Waals surface area (Å²) >= 11 is 0.